The van der Waals surface area contributed by atoms with Crippen molar-refractivity contribution < 1.29 is 9.18 Å². The summed E-state index contributed by atoms with van der Waals surface area (Å²) in [7, 11) is 0. The topological polar surface area (TPSA) is 48.5 Å². The SMILES string of the molecule is O=C(CN1CCCN(Cc2ccc(F)cc2)CC1)NCCc1cccc2cccnc12. The van der Waals surface area contributed by atoms with E-state index in [1.165, 1.54) is 12.1 Å². The van der Waals surface area contributed by atoms with E-state index in [1.807, 2.05) is 30.5 Å². The lowest BCUT2D eigenvalue weighted by molar-refractivity contribution is -0.122. The fourth-order valence-corrected chi connectivity index (χ4v) is 4.15. The van der Waals surface area contributed by atoms with Gasteiger partial charge in [-0.3, -0.25) is 19.6 Å². The standard InChI is InChI=1S/C25H29FN4O/c26-23-9-7-20(8-10-23)18-29-14-3-15-30(17-16-29)19-24(31)27-13-11-22-5-1-4-21-6-2-12-28-25(21)22/h1-2,4-10,12H,3,11,13-19H2,(H,27,31). The van der Waals surface area contributed by atoms with E-state index >= 15 is 0 Å². The van der Waals surface area contributed by atoms with Crippen molar-refractivity contribution in [3.63, 3.8) is 0 Å². The van der Waals surface area contributed by atoms with E-state index in [1.54, 1.807) is 0 Å². The van der Waals surface area contributed by atoms with E-state index in [2.05, 4.69) is 38.3 Å². The molecule has 0 radical (unpaired) electrons. The predicted octanol–water partition coefficient (Wildman–Crippen LogP) is 3.24. The number of halogens is 1. The molecule has 0 bridgehead atoms. The number of carbonyl (C=O) groups is 1. The lowest BCUT2D eigenvalue weighted by Crippen LogP contribution is -2.39. The van der Waals surface area contributed by atoms with Gasteiger partial charge in [0.1, 0.15) is 5.82 Å². The van der Waals surface area contributed by atoms with Crippen LogP contribution < -0.4 is 5.32 Å². The van der Waals surface area contributed by atoms with Crippen LogP contribution in [0.15, 0.2) is 60.8 Å². The Morgan fingerprint density at radius 2 is 1.74 bits per heavy atom. The Balaban J connectivity index is 1.21. The van der Waals surface area contributed by atoms with Crippen LogP contribution in [-0.2, 0) is 17.8 Å². The molecule has 6 heteroatoms. The van der Waals surface area contributed by atoms with Gasteiger partial charge >= 0.3 is 0 Å². The number of nitrogens with zero attached hydrogens (tertiary/aromatic N) is 3. The van der Waals surface area contributed by atoms with Gasteiger partial charge in [-0.25, -0.2) is 4.39 Å². The maximum Gasteiger partial charge on any atom is 0.234 e. The van der Waals surface area contributed by atoms with Gasteiger partial charge in [0.2, 0.25) is 5.91 Å². The van der Waals surface area contributed by atoms with Crippen LogP contribution in [0.1, 0.15) is 17.5 Å². The summed E-state index contributed by atoms with van der Waals surface area (Å²) >= 11 is 0. The number of para-hydroxylation sites is 1. The van der Waals surface area contributed by atoms with Crippen molar-refractivity contribution in [2.75, 3.05) is 39.3 Å². The van der Waals surface area contributed by atoms with E-state index in [9.17, 15) is 9.18 Å². The summed E-state index contributed by atoms with van der Waals surface area (Å²) in [4.78, 5) is 21.5. The van der Waals surface area contributed by atoms with Crippen molar-refractivity contribution in [2.24, 2.45) is 0 Å². The van der Waals surface area contributed by atoms with E-state index in [0.717, 1.165) is 67.6 Å². The van der Waals surface area contributed by atoms with E-state index < -0.39 is 0 Å². The molecule has 0 saturated carbocycles. The molecule has 5 nitrogen and oxygen atoms in total. The molecule has 0 unspecified atom stereocenters. The molecule has 31 heavy (non-hydrogen) atoms. The van der Waals surface area contributed by atoms with Gasteiger partial charge in [0, 0.05) is 37.8 Å². The van der Waals surface area contributed by atoms with Crippen molar-refractivity contribution in [1.82, 2.24) is 20.1 Å². The van der Waals surface area contributed by atoms with Crippen LogP contribution in [-0.4, -0.2) is 60.0 Å². The van der Waals surface area contributed by atoms with E-state index in [-0.39, 0.29) is 11.7 Å². The number of hydrogen-bond donors (Lipinski definition) is 1. The van der Waals surface area contributed by atoms with Crippen LogP contribution in [0.3, 0.4) is 0 Å². The number of nitrogens with one attached hydrogen (secondary N) is 1. The molecule has 1 aliphatic heterocycles. The molecule has 1 aromatic heterocycles. The Labute approximate surface area is 182 Å². The molecule has 3 aromatic rings. The van der Waals surface area contributed by atoms with Crippen LogP contribution in [0, 0.1) is 5.82 Å². The second-order valence-electron chi connectivity index (χ2n) is 8.12. The van der Waals surface area contributed by atoms with Crippen molar-refractivity contribution >= 4 is 16.8 Å². The van der Waals surface area contributed by atoms with Gasteiger partial charge in [-0.2, -0.15) is 0 Å². The lowest BCUT2D eigenvalue weighted by atomic mass is 10.1. The summed E-state index contributed by atoms with van der Waals surface area (Å²) in [6.45, 7) is 5.54. The van der Waals surface area contributed by atoms with Crippen LogP contribution in [0.4, 0.5) is 4.39 Å². The number of benzene rings is 2. The number of aromatic nitrogens is 1. The molecular formula is C25H29FN4O. The van der Waals surface area contributed by atoms with Gasteiger partial charge in [0.15, 0.2) is 0 Å². The Morgan fingerprint density at radius 1 is 0.968 bits per heavy atom. The highest BCUT2D eigenvalue weighted by atomic mass is 19.1. The summed E-state index contributed by atoms with van der Waals surface area (Å²) in [5.41, 5.74) is 3.29. The van der Waals surface area contributed by atoms with Gasteiger partial charge in [-0.15, -0.1) is 0 Å². The maximum atomic E-state index is 13.1. The number of fused-ring (bicyclic) bond motifs is 1. The average Bonchev–Trinajstić information content (AvgIpc) is 3.00. The van der Waals surface area contributed by atoms with Crippen molar-refractivity contribution in [2.45, 2.75) is 19.4 Å². The summed E-state index contributed by atoms with van der Waals surface area (Å²) in [5.74, 6) is -0.131. The molecule has 1 aliphatic rings. The van der Waals surface area contributed by atoms with Gasteiger partial charge in [0.05, 0.1) is 12.1 Å². The molecule has 2 heterocycles. The van der Waals surface area contributed by atoms with E-state index in [0.29, 0.717) is 13.1 Å². The molecule has 0 spiro atoms. The lowest BCUT2D eigenvalue weighted by Gasteiger charge is -2.21. The normalized spacial score (nSPS) is 15.6. The highest BCUT2D eigenvalue weighted by Gasteiger charge is 2.17. The van der Waals surface area contributed by atoms with Crippen molar-refractivity contribution in [1.29, 1.82) is 0 Å². The van der Waals surface area contributed by atoms with E-state index in [4.69, 9.17) is 0 Å². The molecule has 0 aliphatic carbocycles. The number of rotatable bonds is 7. The smallest absolute Gasteiger partial charge is 0.234 e. The molecule has 2 aromatic carbocycles. The zero-order valence-corrected chi connectivity index (χ0v) is 17.8. The van der Waals surface area contributed by atoms with Gasteiger partial charge < -0.3 is 5.32 Å². The Kier molecular flexibility index (Phi) is 7.22. The highest BCUT2D eigenvalue weighted by molar-refractivity contribution is 5.81. The quantitative estimate of drug-likeness (QED) is 0.638. The average molecular weight is 421 g/mol. The zero-order valence-electron chi connectivity index (χ0n) is 17.8. The number of amides is 1. The summed E-state index contributed by atoms with van der Waals surface area (Å²) < 4.78 is 13.1. The second kappa shape index (κ2) is 10.5. The zero-order chi connectivity index (χ0) is 21.5. The molecule has 1 fully saturated rings. The number of pyridine rings is 1. The molecule has 162 valence electrons. The first-order valence-electron chi connectivity index (χ1n) is 11.0. The fraction of sp³-hybridized carbons (Fsp3) is 0.360. The Hall–Kier alpha value is -2.83. The van der Waals surface area contributed by atoms with Crippen LogP contribution in [0.25, 0.3) is 10.9 Å². The maximum absolute atomic E-state index is 13.1. The summed E-state index contributed by atoms with van der Waals surface area (Å²) in [6.07, 6.45) is 3.60. The first-order chi connectivity index (χ1) is 15.2. The number of carbonyl (C=O) groups excluding carboxylic acids is 1. The third kappa shape index (κ3) is 6.09. The highest BCUT2D eigenvalue weighted by Crippen LogP contribution is 2.16. The van der Waals surface area contributed by atoms with Crippen LogP contribution in [0.5, 0.6) is 0 Å². The van der Waals surface area contributed by atoms with Gasteiger partial charge in [0.25, 0.3) is 0 Å². The van der Waals surface area contributed by atoms with Gasteiger partial charge in [-0.05, 0) is 55.3 Å². The minimum Gasteiger partial charge on any atom is -0.355 e. The molecule has 1 amide bonds. The largest absolute Gasteiger partial charge is 0.355 e. The first kappa shape index (κ1) is 21.4. The van der Waals surface area contributed by atoms with Crippen molar-refractivity contribution in [3.05, 3.63) is 77.7 Å². The minimum absolute atomic E-state index is 0.0696. The second-order valence-corrected chi connectivity index (χ2v) is 8.12. The molecule has 0 atom stereocenters. The van der Waals surface area contributed by atoms with Crippen LogP contribution >= 0.6 is 0 Å². The van der Waals surface area contributed by atoms with Crippen molar-refractivity contribution in [3.8, 4) is 0 Å². The molecule has 1 saturated heterocycles. The molecule has 1 N–H and O–H groups in total. The predicted molar refractivity (Wildman–Crippen MR) is 121 cm³/mol. The van der Waals surface area contributed by atoms with Crippen LogP contribution in [0.2, 0.25) is 0 Å². The Bertz CT molecular complexity index is 1000. The summed E-state index contributed by atoms with van der Waals surface area (Å²) in [6, 6.07) is 16.9. The molecular weight excluding hydrogens is 391 g/mol. The minimum atomic E-state index is -0.200. The monoisotopic (exact) mass is 420 g/mol. The summed E-state index contributed by atoms with van der Waals surface area (Å²) in [5, 5.41) is 4.19. The third-order valence-electron chi connectivity index (χ3n) is 5.80. The first-order valence-corrected chi connectivity index (χ1v) is 11.0. The Morgan fingerprint density at radius 3 is 2.61 bits per heavy atom. The van der Waals surface area contributed by atoms with Gasteiger partial charge in [-0.1, -0.05) is 36.4 Å². The third-order valence-corrected chi connectivity index (χ3v) is 5.80. The number of hydrogen-bond acceptors (Lipinski definition) is 4. The fourth-order valence-electron chi connectivity index (χ4n) is 4.15. The molecule has 4 rings (SSSR count).